The number of nitrogens with zero attached hydrogens (tertiary/aromatic N) is 1. The number of hydrogen-bond donors (Lipinski definition) is 2. The highest BCUT2D eigenvalue weighted by molar-refractivity contribution is 7.99. The zero-order chi connectivity index (χ0) is 12.8. The lowest BCUT2D eigenvalue weighted by Gasteiger charge is -2.10. The Morgan fingerprint density at radius 2 is 2.29 bits per heavy atom. The van der Waals surface area contributed by atoms with E-state index in [1.807, 2.05) is 23.9 Å². The molecule has 3 N–H and O–H groups in total. The SMILES string of the molecule is CCC(C)SCc1ccc(/C(N)=N/O)cc1Cl. The summed E-state index contributed by atoms with van der Waals surface area (Å²) in [5.74, 6) is 0.956. The molecule has 1 rings (SSSR count). The average Bonchev–Trinajstić information content (AvgIpc) is 2.35. The standard InChI is InChI=1S/C12H17ClN2OS/c1-3-8(2)17-7-10-5-4-9(6-11(10)13)12(14)15-16/h4-6,8,16H,3,7H2,1-2H3,(H2,14,15). The van der Waals surface area contributed by atoms with Crippen LogP contribution in [0.1, 0.15) is 31.4 Å². The molecule has 1 aromatic rings. The number of halogens is 1. The Bertz CT molecular complexity index is 409. The van der Waals surface area contributed by atoms with Gasteiger partial charge in [-0.1, -0.05) is 42.7 Å². The molecular formula is C12H17ClN2OS. The van der Waals surface area contributed by atoms with Gasteiger partial charge in [-0.25, -0.2) is 0 Å². The fraction of sp³-hybridized carbons (Fsp3) is 0.417. The molecule has 1 unspecified atom stereocenters. The van der Waals surface area contributed by atoms with Crippen molar-refractivity contribution < 1.29 is 5.21 Å². The minimum Gasteiger partial charge on any atom is -0.409 e. The second kappa shape index (κ2) is 6.77. The van der Waals surface area contributed by atoms with Gasteiger partial charge in [-0.3, -0.25) is 0 Å². The van der Waals surface area contributed by atoms with E-state index in [9.17, 15) is 0 Å². The molecule has 3 nitrogen and oxygen atoms in total. The van der Waals surface area contributed by atoms with Gasteiger partial charge in [-0.15, -0.1) is 0 Å². The quantitative estimate of drug-likeness (QED) is 0.373. The maximum Gasteiger partial charge on any atom is 0.170 e. The van der Waals surface area contributed by atoms with Gasteiger partial charge in [0, 0.05) is 21.6 Å². The number of benzene rings is 1. The van der Waals surface area contributed by atoms with E-state index in [1.54, 1.807) is 6.07 Å². The van der Waals surface area contributed by atoms with E-state index in [1.165, 1.54) is 0 Å². The lowest BCUT2D eigenvalue weighted by Crippen LogP contribution is -2.13. The zero-order valence-corrected chi connectivity index (χ0v) is 11.6. The summed E-state index contributed by atoms with van der Waals surface area (Å²) in [6.45, 7) is 4.37. The van der Waals surface area contributed by atoms with Gasteiger partial charge in [0.05, 0.1) is 0 Å². The summed E-state index contributed by atoms with van der Waals surface area (Å²) >= 11 is 8.02. The van der Waals surface area contributed by atoms with E-state index in [0.717, 1.165) is 17.7 Å². The molecule has 0 bridgehead atoms. The van der Waals surface area contributed by atoms with Crippen molar-refractivity contribution >= 4 is 29.2 Å². The van der Waals surface area contributed by atoms with Crippen LogP contribution in [0.3, 0.4) is 0 Å². The number of rotatable bonds is 5. The fourth-order valence-electron chi connectivity index (χ4n) is 1.23. The van der Waals surface area contributed by atoms with Crippen LogP contribution in [-0.2, 0) is 5.75 Å². The summed E-state index contributed by atoms with van der Waals surface area (Å²) in [6, 6.07) is 5.46. The van der Waals surface area contributed by atoms with Gasteiger partial charge in [-0.05, 0) is 18.1 Å². The van der Waals surface area contributed by atoms with Crippen molar-refractivity contribution in [3.05, 3.63) is 34.3 Å². The van der Waals surface area contributed by atoms with Gasteiger partial charge in [0.1, 0.15) is 0 Å². The predicted octanol–water partition coefficient (Wildman–Crippen LogP) is 3.47. The Kier molecular flexibility index (Phi) is 5.65. The molecule has 0 saturated heterocycles. The zero-order valence-electron chi connectivity index (χ0n) is 9.98. The minimum absolute atomic E-state index is 0.0769. The molecular weight excluding hydrogens is 256 g/mol. The molecule has 0 heterocycles. The Morgan fingerprint density at radius 1 is 1.59 bits per heavy atom. The van der Waals surface area contributed by atoms with E-state index < -0.39 is 0 Å². The van der Waals surface area contributed by atoms with Crippen LogP contribution in [0.4, 0.5) is 0 Å². The predicted molar refractivity (Wildman–Crippen MR) is 75.0 cm³/mol. The molecule has 0 amide bonds. The Hall–Kier alpha value is -0.870. The summed E-state index contributed by atoms with van der Waals surface area (Å²) in [4.78, 5) is 0. The average molecular weight is 273 g/mol. The molecule has 0 aliphatic rings. The van der Waals surface area contributed by atoms with Crippen LogP contribution in [0, 0.1) is 0 Å². The molecule has 17 heavy (non-hydrogen) atoms. The molecule has 0 radical (unpaired) electrons. The highest BCUT2D eigenvalue weighted by atomic mass is 35.5. The first-order valence-corrected chi connectivity index (χ1v) is 6.89. The Labute approximate surface area is 111 Å². The maximum atomic E-state index is 8.57. The smallest absolute Gasteiger partial charge is 0.170 e. The maximum absolute atomic E-state index is 8.57. The monoisotopic (exact) mass is 272 g/mol. The number of hydrogen-bond acceptors (Lipinski definition) is 3. The summed E-state index contributed by atoms with van der Waals surface area (Å²) in [6.07, 6.45) is 1.14. The van der Waals surface area contributed by atoms with Crippen LogP contribution in [-0.4, -0.2) is 16.3 Å². The number of oxime groups is 1. The van der Waals surface area contributed by atoms with Crippen molar-refractivity contribution in [3.63, 3.8) is 0 Å². The van der Waals surface area contributed by atoms with Crippen LogP contribution in [0.5, 0.6) is 0 Å². The number of thioether (sulfide) groups is 1. The Morgan fingerprint density at radius 3 is 2.82 bits per heavy atom. The van der Waals surface area contributed by atoms with Crippen LogP contribution >= 0.6 is 23.4 Å². The highest BCUT2D eigenvalue weighted by Gasteiger charge is 2.07. The lowest BCUT2D eigenvalue weighted by molar-refractivity contribution is 0.318. The van der Waals surface area contributed by atoms with Gasteiger partial charge in [0.2, 0.25) is 0 Å². The van der Waals surface area contributed by atoms with E-state index >= 15 is 0 Å². The molecule has 1 atom stereocenters. The van der Waals surface area contributed by atoms with E-state index in [4.69, 9.17) is 22.5 Å². The molecule has 0 fully saturated rings. The van der Waals surface area contributed by atoms with Crippen LogP contribution in [0.25, 0.3) is 0 Å². The van der Waals surface area contributed by atoms with E-state index in [0.29, 0.717) is 15.8 Å². The van der Waals surface area contributed by atoms with Crippen LogP contribution in [0.2, 0.25) is 5.02 Å². The fourth-order valence-corrected chi connectivity index (χ4v) is 2.51. The van der Waals surface area contributed by atoms with Gasteiger partial charge in [0.15, 0.2) is 5.84 Å². The Balaban J connectivity index is 2.76. The highest BCUT2D eigenvalue weighted by Crippen LogP contribution is 2.25. The van der Waals surface area contributed by atoms with Crippen LogP contribution in [0.15, 0.2) is 23.4 Å². The van der Waals surface area contributed by atoms with Gasteiger partial charge in [-0.2, -0.15) is 11.8 Å². The van der Waals surface area contributed by atoms with Crippen molar-refractivity contribution in [3.8, 4) is 0 Å². The topological polar surface area (TPSA) is 58.6 Å². The third-order valence-electron chi connectivity index (χ3n) is 2.55. The van der Waals surface area contributed by atoms with Crippen LogP contribution < -0.4 is 5.73 Å². The molecule has 0 aliphatic carbocycles. The van der Waals surface area contributed by atoms with Crippen molar-refractivity contribution in [2.45, 2.75) is 31.3 Å². The molecule has 0 aliphatic heterocycles. The summed E-state index contributed by atoms with van der Waals surface area (Å²) in [7, 11) is 0. The molecule has 94 valence electrons. The van der Waals surface area contributed by atoms with Crippen molar-refractivity contribution in [1.82, 2.24) is 0 Å². The van der Waals surface area contributed by atoms with Gasteiger partial charge in [0.25, 0.3) is 0 Å². The van der Waals surface area contributed by atoms with Crippen molar-refractivity contribution in [2.75, 3.05) is 0 Å². The van der Waals surface area contributed by atoms with Crippen molar-refractivity contribution in [2.24, 2.45) is 10.9 Å². The summed E-state index contributed by atoms with van der Waals surface area (Å²) in [5, 5.41) is 12.8. The molecule has 0 aromatic heterocycles. The third-order valence-corrected chi connectivity index (χ3v) is 4.29. The van der Waals surface area contributed by atoms with Gasteiger partial charge < -0.3 is 10.9 Å². The largest absolute Gasteiger partial charge is 0.409 e. The molecule has 0 saturated carbocycles. The van der Waals surface area contributed by atoms with E-state index in [2.05, 4.69) is 19.0 Å². The number of amidine groups is 1. The number of nitrogens with two attached hydrogens (primary N) is 1. The first-order valence-electron chi connectivity index (χ1n) is 5.46. The third kappa shape index (κ3) is 4.13. The van der Waals surface area contributed by atoms with E-state index in [-0.39, 0.29) is 5.84 Å². The minimum atomic E-state index is 0.0769. The summed E-state index contributed by atoms with van der Waals surface area (Å²) < 4.78 is 0. The molecule has 0 spiro atoms. The normalized spacial score (nSPS) is 13.7. The van der Waals surface area contributed by atoms with Crippen molar-refractivity contribution in [1.29, 1.82) is 0 Å². The first kappa shape index (κ1) is 14.2. The first-order chi connectivity index (χ1) is 8.08. The van der Waals surface area contributed by atoms with Gasteiger partial charge >= 0.3 is 0 Å². The second-order valence-corrected chi connectivity index (χ2v) is 5.66. The second-order valence-electron chi connectivity index (χ2n) is 3.82. The summed E-state index contributed by atoms with van der Waals surface area (Å²) in [5.41, 5.74) is 7.20. The molecule has 5 heteroatoms. The lowest BCUT2D eigenvalue weighted by atomic mass is 10.1. The molecule has 1 aromatic carbocycles.